The van der Waals surface area contributed by atoms with Gasteiger partial charge in [-0.1, -0.05) is 38.8 Å². The number of rotatable bonds is 14. The van der Waals surface area contributed by atoms with Gasteiger partial charge in [-0.15, -0.1) is 0 Å². The number of aromatic nitrogens is 2. The van der Waals surface area contributed by atoms with Crippen molar-refractivity contribution in [3.63, 3.8) is 0 Å². The topological polar surface area (TPSA) is 59.8 Å². The summed E-state index contributed by atoms with van der Waals surface area (Å²) in [6.07, 6.45) is 4.62. The van der Waals surface area contributed by atoms with Crippen LogP contribution in [-0.2, 0) is 6.42 Å². The Hall–Kier alpha value is -3.32. The third-order valence-corrected chi connectivity index (χ3v) is 6.90. The van der Waals surface area contributed by atoms with Gasteiger partial charge < -0.3 is 24.0 Å². The molecule has 1 N–H and O–H groups in total. The number of aryl methyl sites for hydroxylation is 1. The maximum absolute atomic E-state index is 10.3. The molecular formula is C32H38ClN3O3. The summed E-state index contributed by atoms with van der Waals surface area (Å²) in [5, 5.41) is 11.0. The van der Waals surface area contributed by atoms with Gasteiger partial charge >= 0.3 is 0 Å². The SMILES string of the molecule is CCCCc1nc(-c2ccc(OC[C@@H](O)CN(CC)CC)cc2)cn1-c1ccc(Oc2ccc(Cl)cc2)cc1. The van der Waals surface area contributed by atoms with Gasteiger partial charge in [-0.25, -0.2) is 4.98 Å². The third-order valence-electron chi connectivity index (χ3n) is 6.65. The molecule has 0 saturated heterocycles. The lowest BCUT2D eigenvalue weighted by Crippen LogP contribution is -2.35. The Labute approximate surface area is 236 Å². The molecular weight excluding hydrogens is 510 g/mol. The molecule has 1 heterocycles. The van der Waals surface area contributed by atoms with Crippen LogP contribution in [0.1, 0.15) is 39.4 Å². The molecule has 1 aromatic heterocycles. The third kappa shape index (κ3) is 8.09. The number of unbranched alkanes of at least 4 members (excludes halogenated alkanes) is 1. The van der Waals surface area contributed by atoms with Crippen LogP contribution in [0.25, 0.3) is 16.9 Å². The minimum atomic E-state index is -0.524. The maximum atomic E-state index is 10.3. The molecule has 7 heteroatoms. The van der Waals surface area contributed by atoms with Crippen molar-refractivity contribution in [3.05, 3.63) is 89.8 Å². The van der Waals surface area contributed by atoms with E-state index < -0.39 is 6.10 Å². The van der Waals surface area contributed by atoms with Crippen molar-refractivity contribution >= 4 is 11.6 Å². The van der Waals surface area contributed by atoms with E-state index in [2.05, 4.69) is 36.4 Å². The van der Waals surface area contributed by atoms with Crippen LogP contribution in [0, 0.1) is 0 Å². The number of likely N-dealkylation sites (N-methyl/N-ethyl adjacent to an activating group) is 1. The lowest BCUT2D eigenvalue weighted by molar-refractivity contribution is 0.0716. The first-order valence-electron chi connectivity index (χ1n) is 13.7. The van der Waals surface area contributed by atoms with Crippen LogP contribution in [0.2, 0.25) is 5.02 Å². The second-order valence-corrected chi connectivity index (χ2v) is 9.98. The molecule has 0 aliphatic heterocycles. The molecule has 0 fully saturated rings. The first kappa shape index (κ1) is 28.7. The van der Waals surface area contributed by atoms with Crippen LogP contribution >= 0.6 is 11.6 Å². The minimum Gasteiger partial charge on any atom is -0.491 e. The molecule has 4 aromatic rings. The normalized spacial score (nSPS) is 12.1. The first-order valence-corrected chi connectivity index (χ1v) is 14.1. The average molecular weight is 548 g/mol. The Balaban J connectivity index is 1.46. The van der Waals surface area contributed by atoms with E-state index in [1.165, 1.54) is 0 Å². The molecule has 1 atom stereocenters. The zero-order valence-electron chi connectivity index (χ0n) is 23.0. The fraction of sp³-hybridized carbons (Fsp3) is 0.344. The van der Waals surface area contributed by atoms with Crippen molar-refractivity contribution < 1.29 is 14.6 Å². The highest BCUT2D eigenvalue weighted by molar-refractivity contribution is 6.30. The van der Waals surface area contributed by atoms with Gasteiger partial charge in [0.2, 0.25) is 0 Å². The first-order chi connectivity index (χ1) is 19.0. The van der Waals surface area contributed by atoms with E-state index in [-0.39, 0.29) is 6.61 Å². The highest BCUT2D eigenvalue weighted by Crippen LogP contribution is 2.27. The summed E-state index contributed by atoms with van der Waals surface area (Å²) in [7, 11) is 0. The van der Waals surface area contributed by atoms with Gasteiger partial charge in [0, 0.05) is 35.4 Å². The highest BCUT2D eigenvalue weighted by atomic mass is 35.5. The van der Waals surface area contributed by atoms with Crippen LogP contribution in [0.15, 0.2) is 79.0 Å². The van der Waals surface area contributed by atoms with E-state index >= 15 is 0 Å². The second kappa shape index (κ2) is 14.2. The van der Waals surface area contributed by atoms with E-state index in [0.29, 0.717) is 11.6 Å². The number of nitrogens with zero attached hydrogens (tertiary/aromatic N) is 3. The van der Waals surface area contributed by atoms with Gasteiger partial charge in [0.1, 0.15) is 35.8 Å². The van der Waals surface area contributed by atoms with Gasteiger partial charge in [0.05, 0.1) is 5.69 Å². The van der Waals surface area contributed by atoms with Gasteiger partial charge in [0.15, 0.2) is 0 Å². The average Bonchev–Trinajstić information content (AvgIpc) is 3.39. The predicted molar refractivity (Wildman–Crippen MR) is 158 cm³/mol. The monoisotopic (exact) mass is 547 g/mol. The Kier molecular flexibility index (Phi) is 10.4. The molecule has 3 aromatic carbocycles. The Morgan fingerprint density at radius 3 is 2.10 bits per heavy atom. The molecule has 0 aliphatic rings. The highest BCUT2D eigenvalue weighted by Gasteiger charge is 2.13. The Bertz CT molecular complexity index is 1280. The minimum absolute atomic E-state index is 0.267. The molecule has 0 radical (unpaired) electrons. The molecule has 0 aliphatic carbocycles. The molecule has 206 valence electrons. The fourth-order valence-corrected chi connectivity index (χ4v) is 4.48. The van der Waals surface area contributed by atoms with Crippen LogP contribution < -0.4 is 9.47 Å². The molecule has 0 amide bonds. The number of aliphatic hydroxyl groups excluding tert-OH is 1. The van der Waals surface area contributed by atoms with Crippen molar-refractivity contribution in [1.82, 2.24) is 14.5 Å². The van der Waals surface area contributed by atoms with Crippen molar-refractivity contribution in [3.8, 4) is 34.2 Å². The summed E-state index contributed by atoms with van der Waals surface area (Å²) in [4.78, 5) is 7.17. The van der Waals surface area contributed by atoms with Gasteiger partial charge in [-0.05, 0) is 92.3 Å². The lowest BCUT2D eigenvalue weighted by atomic mass is 10.1. The molecule has 0 unspecified atom stereocenters. The number of hydrogen-bond acceptors (Lipinski definition) is 5. The predicted octanol–water partition coefficient (Wildman–Crippen LogP) is 7.41. The number of aliphatic hydroxyl groups is 1. The fourth-order valence-electron chi connectivity index (χ4n) is 4.35. The van der Waals surface area contributed by atoms with Gasteiger partial charge in [-0.2, -0.15) is 0 Å². The molecule has 0 bridgehead atoms. The number of hydrogen-bond donors (Lipinski definition) is 1. The lowest BCUT2D eigenvalue weighted by Gasteiger charge is -2.21. The van der Waals surface area contributed by atoms with E-state index in [1.54, 1.807) is 0 Å². The van der Waals surface area contributed by atoms with Gasteiger partial charge in [-0.3, -0.25) is 0 Å². The van der Waals surface area contributed by atoms with E-state index in [4.69, 9.17) is 26.1 Å². The Morgan fingerprint density at radius 1 is 0.872 bits per heavy atom. The summed E-state index contributed by atoms with van der Waals surface area (Å²) in [5.74, 6) is 3.26. The van der Waals surface area contributed by atoms with Crippen molar-refractivity contribution in [1.29, 1.82) is 0 Å². The molecule has 0 spiro atoms. The van der Waals surface area contributed by atoms with E-state index in [1.807, 2.05) is 72.8 Å². The van der Waals surface area contributed by atoms with Crippen LogP contribution in [0.3, 0.4) is 0 Å². The van der Waals surface area contributed by atoms with Crippen LogP contribution in [-0.4, -0.2) is 51.9 Å². The van der Waals surface area contributed by atoms with Crippen molar-refractivity contribution in [2.24, 2.45) is 0 Å². The summed E-state index contributed by atoms with van der Waals surface area (Å²) >= 11 is 5.98. The summed E-state index contributed by atoms with van der Waals surface area (Å²) < 4.78 is 14.0. The van der Waals surface area contributed by atoms with Gasteiger partial charge in [0.25, 0.3) is 0 Å². The summed E-state index contributed by atoms with van der Waals surface area (Å²) in [6.45, 7) is 9.08. The smallest absolute Gasteiger partial charge is 0.127 e. The quantitative estimate of drug-likeness (QED) is 0.178. The van der Waals surface area contributed by atoms with Crippen molar-refractivity contribution in [2.45, 2.75) is 46.1 Å². The second-order valence-electron chi connectivity index (χ2n) is 9.54. The molecule has 39 heavy (non-hydrogen) atoms. The summed E-state index contributed by atoms with van der Waals surface area (Å²) in [5.41, 5.74) is 2.96. The van der Waals surface area contributed by atoms with Crippen LogP contribution in [0.5, 0.6) is 17.2 Å². The van der Waals surface area contributed by atoms with E-state index in [9.17, 15) is 5.11 Å². The molecule has 6 nitrogen and oxygen atoms in total. The summed E-state index contributed by atoms with van der Waals surface area (Å²) in [6, 6.07) is 23.3. The largest absolute Gasteiger partial charge is 0.491 e. The van der Waals surface area contributed by atoms with Crippen LogP contribution in [0.4, 0.5) is 0 Å². The van der Waals surface area contributed by atoms with E-state index in [0.717, 1.165) is 72.4 Å². The van der Waals surface area contributed by atoms with Crippen molar-refractivity contribution in [2.75, 3.05) is 26.2 Å². The number of benzene rings is 3. The number of ether oxygens (including phenoxy) is 2. The standard InChI is InChI=1S/C32H38ClN3O3/c1-4-7-8-32-34-31(24-9-15-28(16-10-24)38-23-27(37)21-35(5-2)6-3)22-36(32)26-13-19-30(20-14-26)39-29-17-11-25(33)12-18-29/h9-20,22,27,37H,4-8,21,23H2,1-3H3/t27-/m0/s1. The molecule has 4 rings (SSSR count). The maximum Gasteiger partial charge on any atom is 0.127 e. The zero-order chi connectivity index (χ0) is 27.6. The Morgan fingerprint density at radius 2 is 1.49 bits per heavy atom. The number of halogens is 1. The number of imidazole rings is 1. The molecule has 0 saturated carbocycles. The zero-order valence-corrected chi connectivity index (χ0v) is 23.8.